The van der Waals surface area contributed by atoms with E-state index in [9.17, 15) is 0 Å². The molecular weight excluding hydrogens is 386 g/mol. The van der Waals surface area contributed by atoms with Gasteiger partial charge in [0.2, 0.25) is 0 Å². The van der Waals surface area contributed by atoms with Gasteiger partial charge in [-0.2, -0.15) is 5.10 Å². The van der Waals surface area contributed by atoms with Gasteiger partial charge in [0.25, 0.3) is 0 Å². The first-order valence-corrected chi connectivity index (χ1v) is 10.8. The molecule has 5 aromatic heterocycles. The predicted octanol–water partition coefficient (Wildman–Crippen LogP) is 4.86. The molecule has 7 heteroatoms. The number of nitrogens with zero attached hydrogens (tertiary/aromatic N) is 5. The largest absolute Gasteiger partial charge is 0.371 e. The molecule has 1 saturated heterocycles. The summed E-state index contributed by atoms with van der Waals surface area (Å²) in [5, 5.41) is 9.90. The molecule has 0 radical (unpaired) electrons. The van der Waals surface area contributed by atoms with Crippen LogP contribution in [0.4, 0.5) is 5.69 Å². The summed E-state index contributed by atoms with van der Waals surface area (Å²) in [7, 11) is 0. The lowest BCUT2D eigenvalue weighted by atomic mass is 10.1. The van der Waals surface area contributed by atoms with Crippen molar-refractivity contribution in [3.05, 3.63) is 54.6 Å². The predicted molar refractivity (Wildman–Crippen MR) is 123 cm³/mol. The zero-order valence-electron chi connectivity index (χ0n) is 17.4. The molecule has 5 aromatic rings. The Balaban J connectivity index is 1.47. The minimum atomic E-state index is 0.878. The van der Waals surface area contributed by atoms with E-state index in [2.05, 4.69) is 60.2 Å². The van der Waals surface area contributed by atoms with Crippen LogP contribution in [0.15, 0.2) is 49.1 Å². The normalized spacial score (nSPS) is 14.5. The van der Waals surface area contributed by atoms with Crippen LogP contribution >= 0.6 is 0 Å². The monoisotopic (exact) mass is 409 g/mol. The van der Waals surface area contributed by atoms with Crippen LogP contribution in [0.1, 0.15) is 24.8 Å². The maximum Gasteiger partial charge on any atom is 0.139 e. The Morgan fingerprint density at radius 2 is 1.84 bits per heavy atom. The molecule has 0 bridgehead atoms. The minimum absolute atomic E-state index is 0.878. The van der Waals surface area contributed by atoms with Crippen molar-refractivity contribution in [2.24, 2.45) is 0 Å². The van der Waals surface area contributed by atoms with E-state index in [4.69, 9.17) is 0 Å². The van der Waals surface area contributed by atoms with Gasteiger partial charge in [0.15, 0.2) is 0 Å². The third-order valence-corrected chi connectivity index (χ3v) is 6.22. The molecule has 154 valence electrons. The first-order chi connectivity index (χ1) is 15.3. The van der Waals surface area contributed by atoms with E-state index >= 15 is 0 Å². The number of H-pyrrole nitrogens is 2. The second-order valence-electron chi connectivity index (χ2n) is 8.20. The Hall–Kier alpha value is -3.74. The summed E-state index contributed by atoms with van der Waals surface area (Å²) in [5.41, 5.74) is 7.95. The lowest BCUT2D eigenvalue weighted by molar-refractivity contribution is 0.579. The van der Waals surface area contributed by atoms with Gasteiger partial charge < -0.3 is 9.88 Å². The number of nitrogens with one attached hydrogen (secondary N) is 2. The van der Waals surface area contributed by atoms with Crippen LogP contribution in [0.3, 0.4) is 0 Å². The topological polar surface area (TPSA) is 86.4 Å². The van der Waals surface area contributed by atoms with E-state index in [-0.39, 0.29) is 0 Å². The van der Waals surface area contributed by atoms with E-state index in [0.29, 0.717) is 0 Å². The van der Waals surface area contributed by atoms with Gasteiger partial charge >= 0.3 is 0 Å². The molecule has 6 rings (SSSR count). The highest BCUT2D eigenvalue weighted by molar-refractivity contribution is 5.99. The molecule has 0 aliphatic carbocycles. The van der Waals surface area contributed by atoms with Crippen LogP contribution in [0.25, 0.3) is 44.6 Å². The first kappa shape index (κ1) is 18.1. The lowest BCUT2D eigenvalue weighted by Crippen LogP contribution is -2.29. The van der Waals surface area contributed by atoms with Crippen LogP contribution < -0.4 is 4.90 Å². The van der Waals surface area contributed by atoms with Crippen LogP contribution in [-0.2, 0) is 0 Å². The lowest BCUT2D eigenvalue weighted by Gasteiger charge is -2.29. The maximum absolute atomic E-state index is 4.62. The van der Waals surface area contributed by atoms with Crippen molar-refractivity contribution < 1.29 is 0 Å². The standard InChI is InChI=1S/C24H23N7/c1-15-5-7-25-13-18(15)19-11-16-21(14-27-19)29-30-23(16)20-12-17-22(6-8-26-24(17)28-20)31-9-3-2-4-10-31/h5-8,11-14H,2-4,9-10H2,1H3,(H,26,28)(H,29,30). The summed E-state index contributed by atoms with van der Waals surface area (Å²) in [5.74, 6) is 0. The molecule has 1 aliphatic heterocycles. The molecule has 1 fully saturated rings. The molecule has 0 saturated carbocycles. The maximum atomic E-state index is 4.62. The van der Waals surface area contributed by atoms with E-state index in [1.54, 1.807) is 6.20 Å². The van der Waals surface area contributed by atoms with Crippen LogP contribution in [-0.4, -0.2) is 43.2 Å². The highest BCUT2D eigenvalue weighted by atomic mass is 15.1. The number of piperidine rings is 1. The molecule has 7 nitrogen and oxygen atoms in total. The summed E-state index contributed by atoms with van der Waals surface area (Å²) >= 11 is 0. The van der Waals surface area contributed by atoms with Crippen LogP contribution in [0.5, 0.6) is 0 Å². The van der Waals surface area contributed by atoms with Gasteiger partial charge in [-0.05, 0) is 56.0 Å². The average molecular weight is 409 g/mol. The molecule has 2 N–H and O–H groups in total. The summed E-state index contributed by atoms with van der Waals surface area (Å²) in [6.07, 6.45) is 11.2. The van der Waals surface area contributed by atoms with E-state index in [0.717, 1.165) is 63.2 Å². The third-order valence-electron chi connectivity index (χ3n) is 6.22. The highest BCUT2D eigenvalue weighted by Gasteiger charge is 2.18. The average Bonchev–Trinajstić information content (AvgIpc) is 3.43. The van der Waals surface area contributed by atoms with Crippen molar-refractivity contribution in [3.63, 3.8) is 0 Å². The second-order valence-corrected chi connectivity index (χ2v) is 8.20. The quantitative estimate of drug-likeness (QED) is 0.444. The van der Waals surface area contributed by atoms with E-state index in [1.807, 2.05) is 24.7 Å². The molecule has 0 amide bonds. The number of aromatic amines is 2. The molecule has 31 heavy (non-hydrogen) atoms. The van der Waals surface area contributed by atoms with Gasteiger partial charge in [0, 0.05) is 53.7 Å². The molecule has 6 heterocycles. The fraction of sp³-hybridized carbons (Fsp3) is 0.250. The fourth-order valence-electron chi connectivity index (χ4n) is 4.55. The minimum Gasteiger partial charge on any atom is -0.371 e. The fourth-order valence-corrected chi connectivity index (χ4v) is 4.55. The number of fused-ring (bicyclic) bond motifs is 2. The van der Waals surface area contributed by atoms with Crippen molar-refractivity contribution in [1.82, 2.24) is 30.1 Å². The van der Waals surface area contributed by atoms with E-state index < -0.39 is 0 Å². The van der Waals surface area contributed by atoms with Gasteiger partial charge in [-0.25, -0.2) is 4.98 Å². The Morgan fingerprint density at radius 3 is 2.71 bits per heavy atom. The molecule has 1 aliphatic rings. The zero-order chi connectivity index (χ0) is 20.8. The summed E-state index contributed by atoms with van der Waals surface area (Å²) in [4.78, 5) is 19.4. The number of anilines is 1. The van der Waals surface area contributed by atoms with Gasteiger partial charge in [0.05, 0.1) is 23.1 Å². The molecule has 0 spiro atoms. The Morgan fingerprint density at radius 1 is 0.935 bits per heavy atom. The number of hydrogen-bond donors (Lipinski definition) is 2. The van der Waals surface area contributed by atoms with Gasteiger partial charge in [-0.15, -0.1) is 0 Å². The third kappa shape index (κ3) is 3.04. The van der Waals surface area contributed by atoms with Crippen molar-refractivity contribution in [2.75, 3.05) is 18.0 Å². The second kappa shape index (κ2) is 7.19. The summed E-state index contributed by atoms with van der Waals surface area (Å²) in [6.45, 7) is 4.28. The molecule has 0 aromatic carbocycles. The first-order valence-electron chi connectivity index (χ1n) is 10.8. The number of pyridine rings is 3. The Bertz CT molecular complexity index is 1390. The Kier molecular flexibility index (Phi) is 4.19. The number of rotatable bonds is 3. The van der Waals surface area contributed by atoms with Crippen molar-refractivity contribution in [1.29, 1.82) is 0 Å². The van der Waals surface area contributed by atoms with Crippen molar-refractivity contribution >= 4 is 27.6 Å². The summed E-state index contributed by atoms with van der Waals surface area (Å²) < 4.78 is 0. The molecule has 0 atom stereocenters. The van der Waals surface area contributed by atoms with Gasteiger partial charge in [0.1, 0.15) is 11.3 Å². The molecular formula is C24H23N7. The summed E-state index contributed by atoms with van der Waals surface area (Å²) in [6, 6.07) is 8.39. The van der Waals surface area contributed by atoms with Crippen LogP contribution in [0, 0.1) is 6.92 Å². The van der Waals surface area contributed by atoms with Crippen LogP contribution in [0.2, 0.25) is 0 Å². The number of aryl methyl sites for hydroxylation is 1. The zero-order valence-corrected chi connectivity index (χ0v) is 17.4. The SMILES string of the molecule is Cc1ccncc1-c1cc2c(-c3cc4c(N5CCCCC5)ccnc4[nH]3)n[nH]c2cn1. The van der Waals surface area contributed by atoms with Gasteiger partial charge in [-0.3, -0.25) is 15.1 Å². The van der Waals surface area contributed by atoms with Crippen molar-refractivity contribution in [2.45, 2.75) is 26.2 Å². The molecule has 0 unspecified atom stereocenters. The smallest absolute Gasteiger partial charge is 0.139 e. The van der Waals surface area contributed by atoms with Crippen molar-refractivity contribution in [3.8, 4) is 22.6 Å². The number of aromatic nitrogens is 6. The number of hydrogen-bond acceptors (Lipinski definition) is 5. The van der Waals surface area contributed by atoms with E-state index in [1.165, 1.54) is 24.9 Å². The Labute approximate surface area is 179 Å². The highest BCUT2D eigenvalue weighted by Crippen LogP contribution is 2.34. The van der Waals surface area contributed by atoms with Gasteiger partial charge in [-0.1, -0.05) is 0 Å².